The maximum atomic E-state index is 12.7. The second-order valence-electron chi connectivity index (χ2n) is 7.12. The summed E-state index contributed by atoms with van der Waals surface area (Å²) < 4.78 is 5.73. The monoisotopic (exact) mass is 413 g/mol. The highest BCUT2D eigenvalue weighted by atomic mass is 32.2. The number of fused-ring (bicyclic) bond motifs is 1. The maximum Gasteiger partial charge on any atom is 0.233 e. The molecule has 1 aliphatic heterocycles. The average molecular weight is 414 g/mol. The van der Waals surface area contributed by atoms with Crippen LogP contribution in [-0.4, -0.2) is 51.8 Å². The SMILES string of the molecule is Cc1nc(SCC(=O)N2C[C@@H](C)O[C@@H](C)C2)c2cc(-c3ccccc3)sc2n1. The molecule has 5 nitrogen and oxygen atoms in total. The van der Waals surface area contributed by atoms with E-state index >= 15 is 0 Å². The Morgan fingerprint density at radius 1 is 1.21 bits per heavy atom. The topological polar surface area (TPSA) is 55.3 Å². The predicted molar refractivity (Wildman–Crippen MR) is 115 cm³/mol. The van der Waals surface area contributed by atoms with Crippen molar-refractivity contribution in [3.63, 3.8) is 0 Å². The van der Waals surface area contributed by atoms with Crippen molar-refractivity contribution in [1.29, 1.82) is 0 Å². The standard InChI is InChI=1S/C21H23N3O2S2/c1-13-10-24(11-14(2)26-13)19(25)12-27-20-17-9-18(16-7-5-4-6-8-16)28-21(17)23-15(3)22-20/h4-9,13-14H,10-12H2,1-3H3/t13-,14+. The van der Waals surface area contributed by atoms with Crippen LogP contribution in [0.3, 0.4) is 0 Å². The van der Waals surface area contributed by atoms with E-state index in [0.29, 0.717) is 18.8 Å². The molecule has 0 saturated carbocycles. The Labute approximate surface area is 173 Å². The van der Waals surface area contributed by atoms with Crippen molar-refractivity contribution >= 4 is 39.2 Å². The molecule has 1 amide bonds. The van der Waals surface area contributed by atoms with Crippen molar-refractivity contribution < 1.29 is 9.53 Å². The van der Waals surface area contributed by atoms with Gasteiger partial charge < -0.3 is 9.64 Å². The summed E-state index contributed by atoms with van der Waals surface area (Å²) in [5.41, 5.74) is 1.17. The fraction of sp³-hybridized carbons (Fsp3) is 0.381. The Morgan fingerprint density at radius 3 is 2.64 bits per heavy atom. The van der Waals surface area contributed by atoms with Crippen LogP contribution in [0.25, 0.3) is 20.7 Å². The minimum atomic E-state index is 0.0796. The lowest BCUT2D eigenvalue weighted by molar-refractivity contribution is -0.140. The zero-order valence-corrected chi connectivity index (χ0v) is 17.8. The van der Waals surface area contributed by atoms with E-state index in [9.17, 15) is 4.79 Å². The summed E-state index contributed by atoms with van der Waals surface area (Å²) in [5, 5.41) is 1.90. The third-order valence-electron chi connectivity index (χ3n) is 4.63. The summed E-state index contributed by atoms with van der Waals surface area (Å²) in [6.45, 7) is 7.23. The molecular weight excluding hydrogens is 390 g/mol. The molecule has 0 radical (unpaired) electrons. The third-order valence-corrected chi connectivity index (χ3v) is 6.69. The predicted octanol–water partition coefficient (Wildman–Crippen LogP) is 4.39. The van der Waals surface area contributed by atoms with E-state index in [1.54, 1.807) is 11.3 Å². The first kappa shape index (κ1) is 19.4. The number of carbonyl (C=O) groups excluding carboxylic acids is 1. The molecule has 4 rings (SSSR count). The molecule has 0 spiro atoms. The van der Waals surface area contributed by atoms with Gasteiger partial charge in [0.25, 0.3) is 0 Å². The normalized spacial score (nSPS) is 19.9. The number of amides is 1. The summed E-state index contributed by atoms with van der Waals surface area (Å²) in [5.74, 6) is 1.24. The van der Waals surface area contributed by atoms with Crippen molar-refractivity contribution in [3.05, 3.63) is 42.2 Å². The minimum absolute atomic E-state index is 0.0796. The summed E-state index contributed by atoms with van der Waals surface area (Å²) >= 11 is 3.17. The number of aromatic nitrogens is 2. The maximum absolute atomic E-state index is 12.7. The molecule has 7 heteroatoms. The molecule has 0 bridgehead atoms. The molecule has 2 atom stereocenters. The first-order valence-electron chi connectivity index (χ1n) is 9.39. The zero-order chi connectivity index (χ0) is 19.7. The van der Waals surface area contributed by atoms with Crippen molar-refractivity contribution in [3.8, 4) is 10.4 Å². The van der Waals surface area contributed by atoms with Crippen LogP contribution in [-0.2, 0) is 9.53 Å². The highest BCUT2D eigenvalue weighted by molar-refractivity contribution is 8.00. The lowest BCUT2D eigenvalue weighted by atomic mass is 10.2. The number of ether oxygens (including phenoxy) is 1. The van der Waals surface area contributed by atoms with Gasteiger partial charge in [0.05, 0.1) is 18.0 Å². The van der Waals surface area contributed by atoms with E-state index in [2.05, 4.69) is 28.2 Å². The lowest BCUT2D eigenvalue weighted by Gasteiger charge is -2.35. The molecule has 146 valence electrons. The van der Waals surface area contributed by atoms with Gasteiger partial charge in [-0.15, -0.1) is 11.3 Å². The highest BCUT2D eigenvalue weighted by Crippen LogP contribution is 2.36. The van der Waals surface area contributed by atoms with Gasteiger partial charge in [0.1, 0.15) is 15.7 Å². The van der Waals surface area contributed by atoms with Crippen LogP contribution in [0.5, 0.6) is 0 Å². The zero-order valence-electron chi connectivity index (χ0n) is 16.2. The van der Waals surface area contributed by atoms with E-state index in [-0.39, 0.29) is 18.1 Å². The van der Waals surface area contributed by atoms with Gasteiger partial charge in [0.15, 0.2) is 0 Å². The molecule has 0 N–H and O–H groups in total. The average Bonchev–Trinajstić information content (AvgIpc) is 3.09. The fourth-order valence-corrected chi connectivity index (χ4v) is 5.55. The highest BCUT2D eigenvalue weighted by Gasteiger charge is 2.26. The molecule has 28 heavy (non-hydrogen) atoms. The van der Waals surface area contributed by atoms with Crippen LogP contribution in [0, 0.1) is 6.92 Å². The number of benzene rings is 1. The fourth-order valence-electron chi connectivity index (χ4n) is 3.45. The Morgan fingerprint density at radius 2 is 1.93 bits per heavy atom. The summed E-state index contributed by atoms with van der Waals surface area (Å²) in [6, 6.07) is 12.4. The summed E-state index contributed by atoms with van der Waals surface area (Å²) in [4.78, 5) is 26.0. The number of thiophene rings is 1. The van der Waals surface area contributed by atoms with E-state index < -0.39 is 0 Å². The Balaban J connectivity index is 1.55. The number of hydrogen-bond donors (Lipinski definition) is 0. The van der Waals surface area contributed by atoms with Crippen LogP contribution in [0.4, 0.5) is 0 Å². The number of hydrogen-bond acceptors (Lipinski definition) is 6. The van der Waals surface area contributed by atoms with Crippen LogP contribution in [0.15, 0.2) is 41.4 Å². The number of carbonyl (C=O) groups is 1. The van der Waals surface area contributed by atoms with Crippen molar-refractivity contribution in [2.45, 2.75) is 38.0 Å². The van der Waals surface area contributed by atoms with Gasteiger partial charge in [-0.3, -0.25) is 4.79 Å². The molecule has 1 fully saturated rings. The van der Waals surface area contributed by atoms with Gasteiger partial charge in [-0.2, -0.15) is 0 Å². The van der Waals surface area contributed by atoms with Gasteiger partial charge >= 0.3 is 0 Å². The van der Waals surface area contributed by atoms with Gasteiger partial charge in [0.2, 0.25) is 5.91 Å². The minimum Gasteiger partial charge on any atom is -0.372 e. The number of morpholine rings is 1. The number of thioether (sulfide) groups is 1. The van der Waals surface area contributed by atoms with E-state index in [4.69, 9.17) is 4.74 Å². The van der Waals surface area contributed by atoms with Gasteiger partial charge in [-0.25, -0.2) is 9.97 Å². The number of rotatable bonds is 4. The van der Waals surface area contributed by atoms with Crippen LogP contribution in [0.1, 0.15) is 19.7 Å². The first-order chi connectivity index (χ1) is 13.5. The molecule has 3 aromatic rings. The van der Waals surface area contributed by atoms with Crippen LogP contribution in [0.2, 0.25) is 0 Å². The Hall–Kier alpha value is -1.96. The molecule has 1 aromatic carbocycles. The van der Waals surface area contributed by atoms with E-state index in [0.717, 1.165) is 21.1 Å². The molecular formula is C21H23N3O2S2. The van der Waals surface area contributed by atoms with E-state index in [1.165, 1.54) is 22.2 Å². The van der Waals surface area contributed by atoms with Crippen molar-refractivity contribution in [2.75, 3.05) is 18.8 Å². The lowest BCUT2D eigenvalue weighted by Crippen LogP contribution is -2.48. The van der Waals surface area contributed by atoms with Crippen LogP contribution >= 0.6 is 23.1 Å². The first-order valence-corrected chi connectivity index (χ1v) is 11.2. The Bertz CT molecular complexity index is 980. The van der Waals surface area contributed by atoms with E-state index in [1.807, 2.05) is 43.9 Å². The Kier molecular flexibility index (Phi) is 5.66. The second kappa shape index (κ2) is 8.19. The van der Waals surface area contributed by atoms with Crippen molar-refractivity contribution in [2.24, 2.45) is 0 Å². The second-order valence-corrected chi connectivity index (χ2v) is 9.11. The van der Waals surface area contributed by atoms with Crippen LogP contribution < -0.4 is 0 Å². The summed E-state index contributed by atoms with van der Waals surface area (Å²) in [7, 11) is 0. The van der Waals surface area contributed by atoms with Gasteiger partial charge in [-0.1, -0.05) is 42.1 Å². The quantitative estimate of drug-likeness (QED) is 0.469. The molecule has 1 aliphatic rings. The largest absolute Gasteiger partial charge is 0.372 e. The van der Waals surface area contributed by atoms with Crippen molar-refractivity contribution in [1.82, 2.24) is 14.9 Å². The molecule has 0 aliphatic carbocycles. The third kappa shape index (κ3) is 4.21. The van der Waals surface area contributed by atoms with Gasteiger partial charge in [0, 0.05) is 23.4 Å². The van der Waals surface area contributed by atoms with Gasteiger partial charge in [-0.05, 0) is 32.4 Å². The molecule has 3 heterocycles. The molecule has 0 unspecified atom stereocenters. The molecule has 2 aromatic heterocycles. The smallest absolute Gasteiger partial charge is 0.233 e. The number of aryl methyl sites for hydroxylation is 1. The molecule has 1 saturated heterocycles. The number of nitrogens with zero attached hydrogens (tertiary/aromatic N) is 3. The summed E-state index contributed by atoms with van der Waals surface area (Å²) in [6.07, 6.45) is 0.159.